The third-order valence-corrected chi connectivity index (χ3v) is 4.05. The van der Waals surface area contributed by atoms with Crippen LogP contribution in [-0.2, 0) is 21.7 Å². The zero-order chi connectivity index (χ0) is 25.8. The van der Waals surface area contributed by atoms with Crippen LogP contribution in [0.3, 0.4) is 0 Å². The van der Waals surface area contributed by atoms with Crippen molar-refractivity contribution in [3.05, 3.63) is 72.8 Å². The predicted molar refractivity (Wildman–Crippen MR) is 146 cm³/mol. The summed E-state index contributed by atoms with van der Waals surface area (Å²) in [5, 5.41) is 50.8. The van der Waals surface area contributed by atoms with E-state index >= 15 is 0 Å². The van der Waals surface area contributed by atoms with Crippen LogP contribution in [0, 0.1) is 0 Å². The molecule has 0 bridgehead atoms. The maximum atomic E-state index is 12.5. The number of fused-ring (bicyclic) bond motifs is 2. The molecular weight excluding hydrogens is 580 g/mol. The first-order chi connectivity index (χ1) is 16.0. The number of aliphatic hydroxyl groups excluding tert-OH is 3. The second-order valence-electron chi connectivity index (χ2n) is 8.62. The number of hydrogen-bond donors (Lipinski definition) is 4. The molecule has 0 atom stereocenters. The summed E-state index contributed by atoms with van der Waals surface area (Å²) in [7, 11) is 0. The van der Waals surface area contributed by atoms with Gasteiger partial charge in [0.1, 0.15) is 5.75 Å². The van der Waals surface area contributed by atoms with Crippen molar-refractivity contribution in [2.45, 2.75) is 59.9 Å². The molecule has 0 heterocycles. The number of benzene rings is 4. The number of halogens is 1. The smallest absolute Gasteiger partial charge is 1.00 e. The molecule has 5 nitrogen and oxygen atoms in total. The maximum absolute atomic E-state index is 12.5. The van der Waals surface area contributed by atoms with Crippen LogP contribution in [0.5, 0.6) is 11.5 Å². The normalized spacial score (nSPS) is 9.51. The first-order valence-electron chi connectivity index (χ1n) is 11.4. The fraction of sp³-hybridized carbons (Fsp3) is 0.310. The average molecular weight is 618 g/mol. The molecule has 0 aromatic heterocycles. The first-order valence-corrected chi connectivity index (χ1v) is 11.4. The van der Waals surface area contributed by atoms with Crippen molar-refractivity contribution in [3.63, 3.8) is 0 Å². The molecule has 37 heavy (non-hydrogen) atoms. The van der Waals surface area contributed by atoms with Crippen molar-refractivity contribution in [2.24, 2.45) is 0 Å². The third kappa shape index (κ3) is 14.5. The molecule has 0 amide bonds. The Kier molecular flexibility index (Phi) is 22.6. The largest absolute Gasteiger partial charge is 2.00 e. The van der Waals surface area contributed by atoms with E-state index in [2.05, 4.69) is 0 Å². The van der Waals surface area contributed by atoms with Crippen molar-refractivity contribution in [1.29, 1.82) is 0 Å². The quantitative estimate of drug-likeness (QED) is 0.246. The van der Waals surface area contributed by atoms with Crippen LogP contribution >= 0.6 is 0 Å². The molecule has 0 saturated carbocycles. The van der Waals surface area contributed by atoms with Gasteiger partial charge < -0.3 is 42.5 Å². The van der Waals surface area contributed by atoms with E-state index in [1.165, 1.54) is 0 Å². The van der Waals surface area contributed by atoms with Gasteiger partial charge in [0.2, 0.25) is 0 Å². The molecule has 0 spiro atoms. The summed E-state index contributed by atoms with van der Waals surface area (Å²) >= 11 is 0. The number of aromatic hydroxyl groups is 1. The molecule has 4 aromatic rings. The van der Waals surface area contributed by atoms with E-state index in [-0.39, 0.29) is 91.6 Å². The second-order valence-corrected chi connectivity index (χ2v) is 8.62. The van der Waals surface area contributed by atoms with E-state index in [9.17, 15) is 10.2 Å². The van der Waals surface area contributed by atoms with Gasteiger partial charge in [0, 0.05) is 45.6 Å². The van der Waals surface area contributed by atoms with E-state index in [1.807, 2.05) is 60.7 Å². The zero-order valence-electron chi connectivity index (χ0n) is 22.4. The van der Waals surface area contributed by atoms with E-state index in [0.717, 1.165) is 21.5 Å². The van der Waals surface area contributed by atoms with Crippen LogP contribution in [0.2, 0.25) is 0 Å². The van der Waals surface area contributed by atoms with E-state index in [0.29, 0.717) is 11.1 Å². The van der Waals surface area contributed by atoms with Crippen LogP contribution < -0.4 is 22.1 Å². The molecule has 0 fully saturated rings. The monoisotopic (exact) mass is 616 g/mol. The summed E-state index contributed by atoms with van der Waals surface area (Å²) in [4.78, 5) is 0. The molecule has 4 N–H and O–H groups in total. The summed E-state index contributed by atoms with van der Waals surface area (Å²) in [6, 6.07) is 22.4. The number of phenolic OH excluding ortho intramolecular Hbond substituents is 1. The summed E-state index contributed by atoms with van der Waals surface area (Å²) < 4.78 is 0. The van der Waals surface area contributed by atoms with Crippen molar-refractivity contribution in [3.8, 4) is 22.6 Å². The van der Waals surface area contributed by atoms with Gasteiger partial charge in [-0.15, -0.1) is 5.75 Å². The van der Waals surface area contributed by atoms with Gasteiger partial charge in [-0.3, -0.25) is 0 Å². The van der Waals surface area contributed by atoms with Crippen molar-refractivity contribution < 1.29 is 64.2 Å². The molecule has 0 aliphatic heterocycles. The molecular formula is C29H37BrMgO5Ti. The third-order valence-electron chi connectivity index (χ3n) is 4.05. The predicted octanol–water partition coefficient (Wildman–Crippen LogP) is 2.22. The zero-order valence-corrected chi connectivity index (χ0v) is 27.0. The summed E-state index contributed by atoms with van der Waals surface area (Å²) in [5.41, 5.74) is 1.17. The summed E-state index contributed by atoms with van der Waals surface area (Å²) in [5.74, 6) is 0.0532. The Hall–Kier alpha value is -1.16. The van der Waals surface area contributed by atoms with Crippen LogP contribution in [-0.4, -0.2) is 61.8 Å². The fourth-order valence-corrected chi connectivity index (χ4v) is 3.03. The number of aliphatic hydroxyl groups is 3. The van der Waals surface area contributed by atoms with Gasteiger partial charge in [-0.25, -0.2) is 0 Å². The topological polar surface area (TPSA) is 104 Å². The van der Waals surface area contributed by atoms with Gasteiger partial charge in [0.15, 0.2) is 0 Å². The van der Waals surface area contributed by atoms with Gasteiger partial charge in [0.05, 0.1) is 0 Å². The van der Waals surface area contributed by atoms with Crippen molar-refractivity contribution in [1.82, 2.24) is 0 Å². The van der Waals surface area contributed by atoms with Gasteiger partial charge in [-0.1, -0.05) is 66.7 Å². The van der Waals surface area contributed by atoms with Gasteiger partial charge in [-0.2, -0.15) is 0 Å². The average Bonchev–Trinajstić information content (AvgIpc) is 2.73. The maximum Gasteiger partial charge on any atom is 2.00 e. The van der Waals surface area contributed by atoms with E-state index < -0.39 is 0 Å². The molecule has 196 valence electrons. The van der Waals surface area contributed by atoms with Crippen molar-refractivity contribution in [2.75, 3.05) is 0 Å². The molecule has 8 heteroatoms. The Morgan fingerprint density at radius 3 is 1.30 bits per heavy atom. The molecule has 0 aliphatic rings. The number of hydrogen-bond acceptors (Lipinski definition) is 5. The molecule has 0 saturated heterocycles. The minimum absolute atomic E-state index is 0. The Balaban J connectivity index is -0.000000659. The molecule has 4 aromatic carbocycles. The summed E-state index contributed by atoms with van der Waals surface area (Å²) in [6.45, 7) is 10.3. The fourth-order valence-electron chi connectivity index (χ4n) is 3.03. The van der Waals surface area contributed by atoms with Crippen LogP contribution in [0.4, 0.5) is 0 Å². The van der Waals surface area contributed by atoms with Crippen molar-refractivity contribution >= 4 is 44.6 Å². The Morgan fingerprint density at radius 2 is 0.892 bits per heavy atom. The number of rotatable bonds is 1. The van der Waals surface area contributed by atoms with Crippen LogP contribution in [0.1, 0.15) is 41.5 Å². The van der Waals surface area contributed by atoms with Gasteiger partial charge in [0.25, 0.3) is 0 Å². The minimum atomic E-state index is -0.167. The first kappa shape index (κ1) is 40.3. The molecule has 0 radical (unpaired) electrons. The standard InChI is InChI=1S/C20H14O2.3C3H8O.BrH.Mg.Ti/c21-17-11-9-13-5-1-3-7-15(13)19(17)20-16-8-4-2-6-14(16)10-12-18(20)22;3*1-3(2)4;;;/h1-12,21-22H;3*3-4H,1-2H3;1H;;/q;;;;;+2;/p-2. The molecule has 0 aliphatic carbocycles. The van der Waals surface area contributed by atoms with Gasteiger partial charge >= 0.3 is 23.1 Å². The number of phenols is 1. The Morgan fingerprint density at radius 1 is 0.568 bits per heavy atom. The molecule has 0 unspecified atom stereocenters. The van der Waals surface area contributed by atoms with E-state index in [4.69, 9.17) is 15.3 Å². The Bertz CT molecular complexity index is 1060. The summed E-state index contributed by atoms with van der Waals surface area (Å²) in [6.07, 6.45) is -0.500. The van der Waals surface area contributed by atoms with Crippen LogP contribution in [0.15, 0.2) is 72.8 Å². The SMILES string of the molecule is CC(C)O.CC(C)O.CC(C)O.[Br-].[Mg+2].[O-]c1ccc2ccccc2c1-c1c(O)ccc2ccccc12.[Ti]. The van der Waals surface area contributed by atoms with E-state index in [1.54, 1.807) is 53.7 Å². The molecule has 4 rings (SSSR count). The Labute approximate surface area is 262 Å². The second kappa shape index (κ2) is 20.8. The van der Waals surface area contributed by atoms with Gasteiger partial charge in [-0.05, 0) is 74.7 Å². The minimum Gasteiger partial charge on any atom is -1.00 e. The van der Waals surface area contributed by atoms with Crippen LogP contribution in [0.25, 0.3) is 32.7 Å².